The van der Waals surface area contributed by atoms with Crippen LogP contribution in [0, 0.1) is 6.92 Å². The Bertz CT molecular complexity index is 1410. The van der Waals surface area contributed by atoms with E-state index in [1.807, 2.05) is 0 Å². The Kier molecular flexibility index (Phi) is 9.00. The number of benzene rings is 3. The van der Waals surface area contributed by atoms with Crippen molar-refractivity contribution in [3.05, 3.63) is 119 Å². The zero-order valence-corrected chi connectivity index (χ0v) is 22.0. The van der Waals surface area contributed by atoms with Crippen molar-refractivity contribution in [1.82, 2.24) is 15.4 Å². The third kappa shape index (κ3) is 6.65. The zero-order chi connectivity index (χ0) is 27.8. The smallest absolute Gasteiger partial charge is 0.281 e. The normalized spacial score (nSPS) is 11.6. The highest BCUT2D eigenvalue weighted by Gasteiger charge is 2.39. The summed E-state index contributed by atoms with van der Waals surface area (Å²) in [6, 6.07) is 23.8. The molecular formula is C29H26F2N4O3S. The van der Waals surface area contributed by atoms with Gasteiger partial charge < -0.3 is 9.84 Å². The fourth-order valence-electron chi connectivity index (χ4n) is 3.91. The number of carbonyl (C=O) groups excluding carboxylic acids is 1. The highest BCUT2D eigenvalue weighted by atomic mass is 32.2. The van der Waals surface area contributed by atoms with Crippen molar-refractivity contribution in [3.63, 3.8) is 0 Å². The van der Waals surface area contributed by atoms with Gasteiger partial charge in [-0.3, -0.25) is 4.79 Å². The summed E-state index contributed by atoms with van der Waals surface area (Å²) < 4.78 is 31.7. The second-order valence-corrected chi connectivity index (χ2v) is 9.46. The second-order valence-electron chi connectivity index (χ2n) is 8.52. The van der Waals surface area contributed by atoms with Crippen LogP contribution < -0.4 is 10.2 Å². The number of aromatic nitrogens is 2. The van der Waals surface area contributed by atoms with Gasteiger partial charge in [-0.25, -0.2) is 24.2 Å². The first-order chi connectivity index (χ1) is 18.8. The quantitative estimate of drug-likeness (QED) is 0.119. The number of halogens is 2. The van der Waals surface area contributed by atoms with Gasteiger partial charge in [0.05, 0.1) is 13.3 Å². The molecule has 1 aromatic heterocycles. The predicted molar refractivity (Wildman–Crippen MR) is 146 cm³/mol. The maximum Gasteiger partial charge on any atom is 0.281 e. The van der Waals surface area contributed by atoms with Crippen molar-refractivity contribution in [2.75, 3.05) is 7.11 Å². The van der Waals surface area contributed by atoms with Crippen molar-refractivity contribution in [3.8, 4) is 5.75 Å². The van der Waals surface area contributed by atoms with Gasteiger partial charge in [0.15, 0.2) is 10.8 Å². The minimum absolute atomic E-state index is 0.236. The molecular weight excluding hydrogens is 522 g/mol. The number of thioether (sulfide) groups is 1. The molecule has 0 fully saturated rings. The SMILES string of the molecule is COc1ccc(/C=N/NC(=O)C(O)(c2ccccc2)c2ccccc2)cc1CSc1nc(C)cc(C(F)F)n1. The van der Waals surface area contributed by atoms with Gasteiger partial charge in [0.1, 0.15) is 11.4 Å². The molecule has 39 heavy (non-hydrogen) atoms. The number of nitrogens with one attached hydrogen (secondary N) is 1. The van der Waals surface area contributed by atoms with Gasteiger partial charge in [0, 0.05) is 17.0 Å². The fourth-order valence-corrected chi connectivity index (χ4v) is 4.80. The Hall–Kier alpha value is -4.15. The highest BCUT2D eigenvalue weighted by Crippen LogP contribution is 2.30. The van der Waals surface area contributed by atoms with Crippen LogP contribution in [0.2, 0.25) is 0 Å². The van der Waals surface area contributed by atoms with Crippen LogP contribution in [0.5, 0.6) is 5.75 Å². The number of hydrogen-bond acceptors (Lipinski definition) is 7. The molecule has 0 saturated heterocycles. The maximum absolute atomic E-state index is 13.2. The number of alkyl halides is 2. The minimum Gasteiger partial charge on any atom is -0.496 e. The number of aliphatic hydroxyl groups is 1. The maximum atomic E-state index is 13.2. The topological polar surface area (TPSA) is 96.7 Å². The molecule has 0 atom stereocenters. The molecule has 7 nitrogen and oxygen atoms in total. The van der Waals surface area contributed by atoms with Gasteiger partial charge in [-0.1, -0.05) is 72.4 Å². The second kappa shape index (κ2) is 12.6. The Morgan fingerprint density at radius 1 is 1.05 bits per heavy atom. The van der Waals surface area contributed by atoms with Gasteiger partial charge in [-0.15, -0.1) is 0 Å². The van der Waals surface area contributed by atoms with E-state index in [-0.39, 0.29) is 10.9 Å². The molecule has 0 aliphatic carbocycles. The van der Waals surface area contributed by atoms with Crippen LogP contribution in [-0.4, -0.2) is 34.3 Å². The largest absolute Gasteiger partial charge is 0.496 e. The lowest BCUT2D eigenvalue weighted by molar-refractivity contribution is -0.136. The molecule has 2 N–H and O–H groups in total. The third-order valence-electron chi connectivity index (χ3n) is 5.83. The third-order valence-corrected chi connectivity index (χ3v) is 6.73. The summed E-state index contributed by atoms with van der Waals surface area (Å²) >= 11 is 1.20. The Morgan fingerprint density at radius 3 is 2.28 bits per heavy atom. The van der Waals surface area contributed by atoms with E-state index >= 15 is 0 Å². The van der Waals surface area contributed by atoms with Crippen LogP contribution in [-0.2, 0) is 16.1 Å². The molecule has 200 valence electrons. The number of ether oxygens (including phenoxy) is 1. The van der Waals surface area contributed by atoms with Crippen molar-refractivity contribution >= 4 is 23.9 Å². The lowest BCUT2D eigenvalue weighted by Crippen LogP contribution is -2.43. The standard InChI is InChI=1S/C29H26F2N4O3S/c1-19-15-24(26(30)31)34-28(33-19)39-18-21-16-20(13-14-25(21)38-2)17-32-35-27(36)29(37,22-9-5-3-6-10-22)23-11-7-4-8-12-23/h3-17,26,37H,18H2,1-2H3,(H,35,36)/b32-17+. The van der Waals surface area contributed by atoms with E-state index in [4.69, 9.17) is 4.74 Å². The lowest BCUT2D eigenvalue weighted by Gasteiger charge is -2.27. The van der Waals surface area contributed by atoms with E-state index in [0.717, 1.165) is 5.56 Å². The molecule has 10 heteroatoms. The minimum atomic E-state index is -2.68. The van der Waals surface area contributed by atoms with Crippen molar-refractivity contribution in [2.24, 2.45) is 5.10 Å². The van der Waals surface area contributed by atoms with Crippen molar-refractivity contribution < 1.29 is 23.4 Å². The van der Waals surface area contributed by atoms with Crippen molar-refractivity contribution in [2.45, 2.75) is 29.9 Å². The molecule has 4 aromatic rings. The van der Waals surface area contributed by atoms with E-state index in [1.165, 1.54) is 31.2 Å². The fraction of sp³-hybridized carbons (Fsp3) is 0.172. The van der Waals surface area contributed by atoms with Gasteiger partial charge in [-0.2, -0.15) is 5.10 Å². The van der Waals surface area contributed by atoms with Crippen LogP contribution in [0.15, 0.2) is 95.2 Å². The van der Waals surface area contributed by atoms with Crippen LogP contribution in [0.3, 0.4) is 0 Å². The zero-order valence-electron chi connectivity index (χ0n) is 21.2. The lowest BCUT2D eigenvalue weighted by atomic mass is 9.85. The summed E-state index contributed by atoms with van der Waals surface area (Å²) in [7, 11) is 1.53. The Labute approximate surface area is 229 Å². The number of hydrazone groups is 1. The molecule has 1 amide bonds. The van der Waals surface area contributed by atoms with Gasteiger partial charge in [-0.05, 0) is 47.9 Å². The average molecular weight is 549 g/mol. The summed E-state index contributed by atoms with van der Waals surface area (Å²) in [5.74, 6) is 0.227. The molecule has 0 aliphatic rings. The molecule has 1 heterocycles. The first-order valence-corrected chi connectivity index (χ1v) is 12.9. The summed E-state index contributed by atoms with van der Waals surface area (Å²) in [5.41, 5.74) is 2.84. The monoisotopic (exact) mass is 548 g/mol. The molecule has 0 unspecified atom stereocenters. The van der Waals surface area contributed by atoms with Gasteiger partial charge in [0.25, 0.3) is 12.3 Å². The predicted octanol–water partition coefficient (Wildman–Crippen LogP) is 5.41. The van der Waals surface area contributed by atoms with Crippen LogP contribution in [0.25, 0.3) is 0 Å². The van der Waals surface area contributed by atoms with Gasteiger partial charge >= 0.3 is 0 Å². The summed E-state index contributed by atoms with van der Waals surface area (Å²) in [6.07, 6.45) is -1.24. The van der Waals surface area contributed by atoms with Crippen LogP contribution in [0.1, 0.15) is 40.1 Å². The Morgan fingerprint density at radius 2 is 1.69 bits per heavy atom. The molecule has 4 rings (SSSR count). The number of rotatable bonds is 10. The number of methoxy groups -OCH3 is 1. The number of hydrogen-bond donors (Lipinski definition) is 2. The molecule has 0 bridgehead atoms. The van der Waals surface area contributed by atoms with E-state index in [2.05, 4.69) is 20.5 Å². The molecule has 0 aliphatic heterocycles. The number of aryl methyl sites for hydroxylation is 1. The first kappa shape index (κ1) is 27.9. The van der Waals surface area contributed by atoms with E-state index in [0.29, 0.717) is 33.9 Å². The van der Waals surface area contributed by atoms with Crippen LogP contribution in [0.4, 0.5) is 8.78 Å². The molecule has 0 saturated carbocycles. The number of carbonyl (C=O) groups is 1. The number of nitrogens with zero attached hydrogens (tertiary/aromatic N) is 3. The van der Waals surface area contributed by atoms with E-state index in [9.17, 15) is 18.7 Å². The van der Waals surface area contributed by atoms with Crippen LogP contribution >= 0.6 is 11.8 Å². The summed E-state index contributed by atoms with van der Waals surface area (Å²) in [5, 5.41) is 15.8. The summed E-state index contributed by atoms with van der Waals surface area (Å²) in [4.78, 5) is 21.4. The Balaban J connectivity index is 1.52. The van der Waals surface area contributed by atoms with E-state index in [1.54, 1.807) is 85.8 Å². The average Bonchev–Trinajstić information content (AvgIpc) is 2.96. The molecule has 0 radical (unpaired) electrons. The van der Waals surface area contributed by atoms with Gasteiger partial charge in [0.2, 0.25) is 0 Å². The molecule has 3 aromatic carbocycles. The molecule has 0 spiro atoms. The van der Waals surface area contributed by atoms with Crippen molar-refractivity contribution in [1.29, 1.82) is 0 Å². The summed E-state index contributed by atoms with van der Waals surface area (Å²) in [6.45, 7) is 1.64. The van der Waals surface area contributed by atoms with E-state index < -0.39 is 17.9 Å². The highest BCUT2D eigenvalue weighted by molar-refractivity contribution is 7.98. The number of amides is 1. The first-order valence-electron chi connectivity index (χ1n) is 11.9.